The Morgan fingerprint density at radius 2 is 2.19 bits per heavy atom. The Morgan fingerprint density at radius 1 is 1.33 bits per heavy atom. The second-order valence-corrected chi connectivity index (χ2v) is 7.35. The van der Waals surface area contributed by atoms with E-state index in [1.165, 1.54) is 5.56 Å². The molecule has 1 aromatic rings. The van der Waals surface area contributed by atoms with E-state index in [9.17, 15) is 0 Å². The van der Waals surface area contributed by atoms with Gasteiger partial charge >= 0.3 is 0 Å². The summed E-state index contributed by atoms with van der Waals surface area (Å²) in [5.41, 5.74) is 1.20. The van der Waals surface area contributed by atoms with Crippen molar-refractivity contribution in [2.45, 2.75) is 51.9 Å². The van der Waals surface area contributed by atoms with Crippen molar-refractivity contribution < 1.29 is 14.2 Å². The molecule has 3 atom stereocenters. The zero-order chi connectivity index (χ0) is 19.1. The fourth-order valence-electron chi connectivity index (χ4n) is 3.59. The monoisotopic (exact) mass is 375 g/mol. The van der Waals surface area contributed by atoms with E-state index in [4.69, 9.17) is 19.2 Å². The summed E-state index contributed by atoms with van der Waals surface area (Å²) < 4.78 is 17.8. The Kier molecular flexibility index (Phi) is 7.35. The van der Waals surface area contributed by atoms with Crippen LogP contribution in [0.15, 0.2) is 29.3 Å². The highest BCUT2D eigenvalue weighted by atomic mass is 16.5. The third-order valence-corrected chi connectivity index (χ3v) is 4.93. The SMILES string of the molecule is CCNC(=NCC(C)Oc1cccc(C)c1)N1CCOC(C2CCCO2)C1. The highest BCUT2D eigenvalue weighted by molar-refractivity contribution is 5.80. The van der Waals surface area contributed by atoms with Crippen LogP contribution in [-0.4, -0.2) is 68.6 Å². The summed E-state index contributed by atoms with van der Waals surface area (Å²) >= 11 is 0. The topological polar surface area (TPSA) is 55.3 Å². The van der Waals surface area contributed by atoms with Crippen LogP contribution in [0.2, 0.25) is 0 Å². The summed E-state index contributed by atoms with van der Waals surface area (Å²) in [7, 11) is 0. The largest absolute Gasteiger partial charge is 0.489 e. The molecule has 0 spiro atoms. The number of rotatable bonds is 6. The van der Waals surface area contributed by atoms with Gasteiger partial charge in [-0.2, -0.15) is 0 Å². The van der Waals surface area contributed by atoms with E-state index >= 15 is 0 Å². The van der Waals surface area contributed by atoms with Crippen molar-refractivity contribution in [2.75, 3.05) is 39.4 Å². The number of hydrogen-bond donors (Lipinski definition) is 1. The van der Waals surface area contributed by atoms with E-state index in [1.54, 1.807) is 0 Å². The number of nitrogens with one attached hydrogen (secondary N) is 1. The quantitative estimate of drug-likeness (QED) is 0.612. The van der Waals surface area contributed by atoms with Crippen molar-refractivity contribution in [2.24, 2.45) is 4.99 Å². The van der Waals surface area contributed by atoms with Crippen molar-refractivity contribution in [3.05, 3.63) is 29.8 Å². The lowest BCUT2D eigenvalue weighted by Crippen LogP contribution is -2.53. The van der Waals surface area contributed by atoms with Crippen LogP contribution in [0, 0.1) is 6.92 Å². The summed E-state index contributed by atoms with van der Waals surface area (Å²) in [6, 6.07) is 8.14. The molecule has 0 saturated carbocycles. The zero-order valence-electron chi connectivity index (χ0n) is 16.8. The van der Waals surface area contributed by atoms with Crippen LogP contribution >= 0.6 is 0 Å². The van der Waals surface area contributed by atoms with Crippen LogP contribution in [-0.2, 0) is 9.47 Å². The van der Waals surface area contributed by atoms with E-state index in [-0.39, 0.29) is 18.3 Å². The normalized spacial score (nSPS) is 24.7. The van der Waals surface area contributed by atoms with Gasteiger partial charge in [-0.1, -0.05) is 12.1 Å². The summed E-state index contributed by atoms with van der Waals surface area (Å²) in [6.07, 6.45) is 2.58. The Balaban J connectivity index is 1.58. The standard InChI is InChI=1S/C21H33N3O3/c1-4-22-21(23-14-17(3)27-18-8-5-7-16(2)13-18)24-10-12-26-20(15-24)19-9-6-11-25-19/h5,7-8,13,17,19-20H,4,6,9-12,14-15H2,1-3H3,(H,22,23). The minimum atomic E-state index is 0.00968. The Morgan fingerprint density at radius 3 is 2.93 bits per heavy atom. The Labute approximate surface area is 162 Å². The average molecular weight is 376 g/mol. The Hall–Kier alpha value is -1.79. The molecule has 2 saturated heterocycles. The van der Waals surface area contributed by atoms with Crippen LogP contribution in [0.25, 0.3) is 0 Å². The first kappa shape index (κ1) is 20.0. The molecule has 0 aromatic heterocycles. The molecule has 0 bridgehead atoms. The first-order valence-electron chi connectivity index (χ1n) is 10.2. The van der Waals surface area contributed by atoms with Gasteiger partial charge in [0.15, 0.2) is 5.96 Å². The molecule has 1 aromatic carbocycles. The molecule has 6 nitrogen and oxygen atoms in total. The van der Waals surface area contributed by atoms with Gasteiger partial charge in [0.05, 0.1) is 19.3 Å². The molecule has 2 aliphatic heterocycles. The third-order valence-electron chi connectivity index (χ3n) is 4.93. The molecule has 2 fully saturated rings. The molecule has 2 heterocycles. The molecule has 1 N–H and O–H groups in total. The van der Waals surface area contributed by atoms with E-state index in [0.717, 1.165) is 50.8 Å². The van der Waals surface area contributed by atoms with Gasteiger partial charge in [0.25, 0.3) is 0 Å². The first-order valence-corrected chi connectivity index (χ1v) is 10.2. The minimum Gasteiger partial charge on any atom is -0.489 e. The van der Waals surface area contributed by atoms with Crippen molar-refractivity contribution in [1.29, 1.82) is 0 Å². The van der Waals surface area contributed by atoms with Crippen LogP contribution < -0.4 is 10.1 Å². The molecular formula is C21H33N3O3. The summed E-state index contributed by atoms with van der Waals surface area (Å²) in [6.45, 7) is 10.9. The van der Waals surface area contributed by atoms with Crippen LogP contribution in [0.3, 0.4) is 0 Å². The molecule has 3 rings (SSSR count). The van der Waals surface area contributed by atoms with Gasteiger partial charge in [-0.05, 0) is 51.3 Å². The summed E-state index contributed by atoms with van der Waals surface area (Å²) in [4.78, 5) is 7.12. The van der Waals surface area contributed by atoms with E-state index < -0.39 is 0 Å². The van der Waals surface area contributed by atoms with Gasteiger partial charge in [-0.3, -0.25) is 0 Å². The maximum absolute atomic E-state index is 6.02. The molecule has 27 heavy (non-hydrogen) atoms. The lowest BCUT2D eigenvalue weighted by atomic mass is 10.1. The number of aliphatic imine (C=N–C) groups is 1. The predicted octanol–water partition coefficient (Wildman–Crippen LogP) is 2.61. The molecule has 0 aliphatic carbocycles. The Bertz CT molecular complexity index is 616. The van der Waals surface area contributed by atoms with Crippen LogP contribution in [0.5, 0.6) is 5.75 Å². The van der Waals surface area contributed by atoms with Gasteiger partial charge in [0.1, 0.15) is 18.0 Å². The van der Waals surface area contributed by atoms with E-state index in [0.29, 0.717) is 13.2 Å². The second-order valence-electron chi connectivity index (χ2n) is 7.35. The van der Waals surface area contributed by atoms with Gasteiger partial charge in [-0.15, -0.1) is 0 Å². The van der Waals surface area contributed by atoms with Crippen LogP contribution in [0.1, 0.15) is 32.3 Å². The summed E-state index contributed by atoms with van der Waals surface area (Å²) in [5.74, 6) is 1.83. The van der Waals surface area contributed by atoms with Gasteiger partial charge < -0.3 is 24.4 Å². The van der Waals surface area contributed by atoms with Crippen molar-refractivity contribution in [3.63, 3.8) is 0 Å². The number of morpholine rings is 1. The smallest absolute Gasteiger partial charge is 0.194 e. The third kappa shape index (κ3) is 5.84. The number of ether oxygens (including phenoxy) is 3. The van der Waals surface area contributed by atoms with E-state index in [2.05, 4.69) is 43.1 Å². The van der Waals surface area contributed by atoms with Gasteiger partial charge in [0.2, 0.25) is 0 Å². The molecule has 6 heteroatoms. The minimum absolute atomic E-state index is 0.00968. The van der Waals surface area contributed by atoms with Gasteiger partial charge in [-0.25, -0.2) is 4.99 Å². The molecule has 2 aliphatic rings. The predicted molar refractivity (Wildman–Crippen MR) is 108 cm³/mol. The lowest BCUT2D eigenvalue weighted by molar-refractivity contribution is -0.0817. The van der Waals surface area contributed by atoms with Crippen molar-refractivity contribution in [3.8, 4) is 5.75 Å². The second kappa shape index (κ2) is 9.95. The van der Waals surface area contributed by atoms with E-state index in [1.807, 2.05) is 12.1 Å². The van der Waals surface area contributed by atoms with Crippen molar-refractivity contribution >= 4 is 5.96 Å². The molecule has 3 unspecified atom stereocenters. The van der Waals surface area contributed by atoms with Gasteiger partial charge in [0, 0.05) is 26.2 Å². The number of hydrogen-bond acceptors (Lipinski definition) is 4. The molecule has 150 valence electrons. The zero-order valence-corrected chi connectivity index (χ0v) is 16.8. The number of guanidine groups is 1. The molecule has 0 amide bonds. The fourth-order valence-corrected chi connectivity index (χ4v) is 3.59. The molecular weight excluding hydrogens is 342 g/mol. The number of benzene rings is 1. The van der Waals surface area contributed by atoms with Crippen molar-refractivity contribution in [1.82, 2.24) is 10.2 Å². The molecule has 0 radical (unpaired) electrons. The number of aryl methyl sites for hydroxylation is 1. The first-order chi connectivity index (χ1) is 13.2. The van der Waals surface area contributed by atoms with Crippen LogP contribution in [0.4, 0.5) is 0 Å². The fraction of sp³-hybridized carbons (Fsp3) is 0.667. The number of nitrogens with zero attached hydrogens (tertiary/aromatic N) is 2. The average Bonchev–Trinajstić information content (AvgIpc) is 3.20. The maximum atomic E-state index is 6.02. The highest BCUT2D eigenvalue weighted by Gasteiger charge is 2.32. The highest BCUT2D eigenvalue weighted by Crippen LogP contribution is 2.21. The lowest BCUT2D eigenvalue weighted by Gasteiger charge is -2.37. The maximum Gasteiger partial charge on any atom is 0.194 e. The summed E-state index contributed by atoms with van der Waals surface area (Å²) in [5, 5.41) is 3.42.